The maximum absolute atomic E-state index is 11.3. The van der Waals surface area contributed by atoms with Gasteiger partial charge in [-0.15, -0.1) is 0 Å². The van der Waals surface area contributed by atoms with Gasteiger partial charge in [0.25, 0.3) is 0 Å². The van der Waals surface area contributed by atoms with Crippen molar-refractivity contribution in [2.75, 3.05) is 0 Å². The molecule has 0 unspecified atom stereocenters. The van der Waals surface area contributed by atoms with Crippen LogP contribution in [0.25, 0.3) is 0 Å². The molecule has 0 radical (unpaired) electrons. The number of hydrogen-bond donors (Lipinski definition) is 2. The quantitative estimate of drug-likeness (QED) is 0.436. The lowest BCUT2D eigenvalue weighted by molar-refractivity contribution is -0.123. The maximum atomic E-state index is 11.3. The number of hydrogen-bond acceptors (Lipinski definition) is 2. The molecule has 0 aromatic carbocycles. The summed E-state index contributed by atoms with van der Waals surface area (Å²) in [5.74, 6) is 8.10. The summed E-state index contributed by atoms with van der Waals surface area (Å²) >= 11 is 0. The largest absolute Gasteiger partial charge is 0.294 e. The first-order valence-electron chi connectivity index (χ1n) is 6.68. The Morgan fingerprint density at radius 1 is 1.12 bits per heavy atom. The molecule has 3 N–H and O–H groups in total. The molecule has 4 fully saturated rings. The third-order valence-electron chi connectivity index (χ3n) is 5.21. The highest BCUT2D eigenvalue weighted by molar-refractivity contribution is 5.75. The second kappa shape index (κ2) is 3.73. The van der Waals surface area contributed by atoms with Crippen LogP contribution in [0.2, 0.25) is 0 Å². The number of amides is 1. The fraction of sp³-hybridized carbons (Fsp3) is 0.923. The zero-order chi connectivity index (χ0) is 11.2. The van der Waals surface area contributed by atoms with Gasteiger partial charge in [0.05, 0.1) is 0 Å². The van der Waals surface area contributed by atoms with Gasteiger partial charge in [-0.05, 0) is 68.1 Å². The van der Waals surface area contributed by atoms with Gasteiger partial charge in [0.1, 0.15) is 0 Å². The Morgan fingerprint density at radius 2 is 1.62 bits per heavy atom. The third kappa shape index (κ3) is 1.75. The van der Waals surface area contributed by atoms with Crippen molar-refractivity contribution < 1.29 is 4.79 Å². The smallest absolute Gasteiger partial charge is 0.233 e. The lowest BCUT2D eigenvalue weighted by atomic mass is 9.48. The first kappa shape index (κ1) is 10.6. The molecule has 4 rings (SSSR count). The van der Waals surface area contributed by atoms with Gasteiger partial charge in [-0.3, -0.25) is 10.2 Å². The highest BCUT2D eigenvalue weighted by Gasteiger charge is 2.50. The molecule has 0 atom stereocenters. The summed E-state index contributed by atoms with van der Waals surface area (Å²) in [5.41, 5.74) is 2.77. The van der Waals surface area contributed by atoms with Gasteiger partial charge in [-0.1, -0.05) is 0 Å². The number of rotatable bonds is 3. The monoisotopic (exact) mass is 222 g/mol. The van der Waals surface area contributed by atoms with Crippen LogP contribution in [-0.2, 0) is 4.79 Å². The van der Waals surface area contributed by atoms with E-state index in [2.05, 4.69) is 5.43 Å². The Morgan fingerprint density at radius 3 is 2.06 bits per heavy atom. The average Bonchev–Trinajstić information content (AvgIpc) is 2.24. The van der Waals surface area contributed by atoms with Crippen molar-refractivity contribution in [1.29, 1.82) is 0 Å². The molecule has 0 aromatic heterocycles. The van der Waals surface area contributed by atoms with Crippen molar-refractivity contribution in [2.45, 2.75) is 51.4 Å². The predicted molar refractivity (Wildman–Crippen MR) is 62.2 cm³/mol. The molecule has 4 bridgehead atoms. The Labute approximate surface area is 97.1 Å². The van der Waals surface area contributed by atoms with Crippen LogP contribution >= 0.6 is 0 Å². The molecule has 16 heavy (non-hydrogen) atoms. The second-order valence-corrected chi connectivity index (χ2v) is 6.49. The number of hydrazine groups is 1. The van der Waals surface area contributed by atoms with Crippen LogP contribution in [0, 0.1) is 23.2 Å². The van der Waals surface area contributed by atoms with Crippen LogP contribution in [0.3, 0.4) is 0 Å². The molecular weight excluding hydrogens is 200 g/mol. The predicted octanol–water partition coefficient (Wildman–Crippen LogP) is 1.97. The Balaban J connectivity index is 1.67. The van der Waals surface area contributed by atoms with Crippen molar-refractivity contribution in [3.8, 4) is 0 Å². The number of nitrogens with one attached hydrogen (secondary N) is 1. The molecule has 0 heterocycles. The SMILES string of the molecule is NNC(=O)CCC12CC3CC(CC(C3)C1)C2. The molecule has 3 nitrogen and oxygen atoms in total. The molecule has 0 aliphatic heterocycles. The molecule has 1 amide bonds. The summed E-state index contributed by atoms with van der Waals surface area (Å²) in [5, 5.41) is 0. The Kier molecular flexibility index (Phi) is 2.46. The molecule has 4 saturated carbocycles. The van der Waals surface area contributed by atoms with Gasteiger partial charge in [0.2, 0.25) is 5.91 Å². The Bertz CT molecular complexity index is 265. The van der Waals surface area contributed by atoms with E-state index in [-0.39, 0.29) is 5.91 Å². The topological polar surface area (TPSA) is 55.1 Å². The van der Waals surface area contributed by atoms with Gasteiger partial charge >= 0.3 is 0 Å². The van der Waals surface area contributed by atoms with Gasteiger partial charge in [0.15, 0.2) is 0 Å². The van der Waals surface area contributed by atoms with E-state index in [0.717, 1.165) is 24.2 Å². The van der Waals surface area contributed by atoms with Crippen molar-refractivity contribution in [1.82, 2.24) is 5.43 Å². The number of carbonyl (C=O) groups excluding carboxylic acids is 1. The van der Waals surface area contributed by atoms with Crippen molar-refractivity contribution in [3.63, 3.8) is 0 Å². The standard InChI is InChI=1S/C13H22N2O/c14-15-12(16)1-2-13-6-9-3-10(7-13)5-11(4-9)8-13/h9-11H,1-8,14H2,(H,15,16). The molecular formula is C13H22N2O. The van der Waals surface area contributed by atoms with E-state index in [1.165, 1.54) is 38.5 Å². The van der Waals surface area contributed by atoms with E-state index >= 15 is 0 Å². The fourth-order valence-corrected chi connectivity index (χ4v) is 5.05. The van der Waals surface area contributed by atoms with E-state index in [4.69, 9.17) is 5.84 Å². The highest BCUT2D eigenvalue weighted by Crippen LogP contribution is 2.61. The van der Waals surface area contributed by atoms with Gasteiger partial charge in [0, 0.05) is 6.42 Å². The van der Waals surface area contributed by atoms with Crippen LogP contribution < -0.4 is 11.3 Å². The van der Waals surface area contributed by atoms with Crippen molar-refractivity contribution in [3.05, 3.63) is 0 Å². The van der Waals surface area contributed by atoms with Gasteiger partial charge in [-0.2, -0.15) is 0 Å². The second-order valence-electron chi connectivity index (χ2n) is 6.49. The number of nitrogens with two attached hydrogens (primary N) is 1. The van der Waals surface area contributed by atoms with E-state index < -0.39 is 0 Å². The first-order valence-corrected chi connectivity index (χ1v) is 6.68. The maximum Gasteiger partial charge on any atom is 0.233 e. The van der Waals surface area contributed by atoms with E-state index in [1.807, 2.05) is 0 Å². The number of carbonyl (C=O) groups is 1. The van der Waals surface area contributed by atoms with Crippen molar-refractivity contribution in [2.24, 2.45) is 29.0 Å². The van der Waals surface area contributed by atoms with Gasteiger partial charge in [-0.25, -0.2) is 5.84 Å². The molecule has 4 aliphatic rings. The highest BCUT2D eigenvalue weighted by atomic mass is 16.2. The third-order valence-corrected chi connectivity index (χ3v) is 5.21. The van der Waals surface area contributed by atoms with Crippen LogP contribution in [-0.4, -0.2) is 5.91 Å². The summed E-state index contributed by atoms with van der Waals surface area (Å²) in [6.07, 6.45) is 10.3. The van der Waals surface area contributed by atoms with E-state index in [1.54, 1.807) is 0 Å². The van der Waals surface area contributed by atoms with E-state index in [9.17, 15) is 4.79 Å². The summed E-state index contributed by atoms with van der Waals surface area (Å²) in [6, 6.07) is 0. The first-order chi connectivity index (χ1) is 7.69. The zero-order valence-electron chi connectivity index (χ0n) is 9.87. The van der Waals surface area contributed by atoms with Gasteiger partial charge < -0.3 is 0 Å². The van der Waals surface area contributed by atoms with E-state index in [0.29, 0.717) is 11.8 Å². The molecule has 90 valence electrons. The minimum atomic E-state index is 0.00995. The summed E-state index contributed by atoms with van der Waals surface area (Å²) in [7, 11) is 0. The minimum Gasteiger partial charge on any atom is -0.294 e. The summed E-state index contributed by atoms with van der Waals surface area (Å²) in [4.78, 5) is 11.3. The molecule has 0 spiro atoms. The van der Waals surface area contributed by atoms with Crippen molar-refractivity contribution >= 4 is 5.91 Å². The lowest BCUT2D eigenvalue weighted by Gasteiger charge is -2.57. The lowest BCUT2D eigenvalue weighted by Crippen LogP contribution is -2.46. The fourth-order valence-electron chi connectivity index (χ4n) is 5.05. The van der Waals surface area contributed by atoms with Crippen LogP contribution in [0.5, 0.6) is 0 Å². The van der Waals surface area contributed by atoms with Crippen LogP contribution in [0.1, 0.15) is 51.4 Å². The summed E-state index contributed by atoms with van der Waals surface area (Å²) < 4.78 is 0. The average molecular weight is 222 g/mol. The minimum absolute atomic E-state index is 0.00995. The Hall–Kier alpha value is -0.570. The molecule has 0 aromatic rings. The molecule has 3 heteroatoms. The molecule has 4 aliphatic carbocycles. The zero-order valence-corrected chi connectivity index (χ0v) is 9.87. The normalized spacial score (nSPS) is 44.7. The molecule has 0 saturated heterocycles. The summed E-state index contributed by atoms with van der Waals surface area (Å²) in [6.45, 7) is 0. The van der Waals surface area contributed by atoms with Crippen LogP contribution in [0.15, 0.2) is 0 Å². The van der Waals surface area contributed by atoms with Crippen LogP contribution in [0.4, 0.5) is 0 Å².